The van der Waals surface area contributed by atoms with Crippen LogP contribution in [0.3, 0.4) is 0 Å². The van der Waals surface area contributed by atoms with Gasteiger partial charge in [-0.1, -0.05) is 18.2 Å². The maximum Gasteiger partial charge on any atom is 0.0642 e. The van der Waals surface area contributed by atoms with E-state index < -0.39 is 0 Å². The standard InChI is InChI=1S/C19H21N3O/c1-3-15(18-7-8-20-19(18)6-1)14-21-16-4-2-5-17(13-16)22-9-11-23-12-10-22/h1-8,13,20-21H,9-12,14H2. The Labute approximate surface area is 136 Å². The van der Waals surface area contributed by atoms with Crippen molar-refractivity contribution in [3.05, 3.63) is 60.3 Å². The highest BCUT2D eigenvalue weighted by Crippen LogP contribution is 2.22. The smallest absolute Gasteiger partial charge is 0.0642 e. The van der Waals surface area contributed by atoms with Gasteiger partial charge in [0.2, 0.25) is 0 Å². The van der Waals surface area contributed by atoms with E-state index in [0.717, 1.165) is 38.5 Å². The number of rotatable bonds is 4. The minimum absolute atomic E-state index is 0.813. The molecule has 0 saturated carbocycles. The number of aromatic amines is 1. The van der Waals surface area contributed by atoms with Crippen molar-refractivity contribution in [2.45, 2.75) is 6.54 Å². The number of fused-ring (bicyclic) bond motifs is 1. The van der Waals surface area contributed by atoms with Crippen molar-refractivity contribution < 1.29 is 4.74 Å². The van der Waals surface area contributed by atoms with Crippen molar-refractivity contribution in [3.8, 4) is 0 Å². The monoisotopic (exact) mass is 307 g/mol. The van der Waals surface area contributed by atoms with Crippen molar-refractivity contribution in [2.75, 3.05) is 36.5 Å². The van der Waals surface area contributed by atoms with E-state index in [0.29, 0.717) is 0 Å². The highest BCUT2D eigenvalue weighted by atomic mass is 16.5. The summed E-state index contributed by atoms with van der Waals surface area (Å²) in [5, 5.41) is 4.83. The molecule has 1 aliphatic rings. The molecule has 2 aromatic carbocycles. The molecule has 118 valence electrons. The number of anilines is 2. The molecule has 0 radical (unpaired) electrons. The van der Waals surface area contributed by atoms with Crippen LogP contribution in [0.25, 0.3) is 10.9 Å². The van der Waals surface area contributed by atoms with Gasteiger partial charge in [-0.2, -0.15) is 0 Å². The fraction of sp³-hybridized carbons (Fsp3) is 0.263. The number of morpholine rings is 1. The third kappa shape index (κ3) is 3.03. The summed E-state index contributed by atoms with van der Waals surface area (Å²) in [7, 11) is 0. The lowest BCUT2D eigenvalue weighted by molar-refractivity contribution is 0.122. The first-order valence-electron chi connectivity index (χ1n) is 8.12. The van der Waals surface area contributed by atoms with Crippen LogP contribution in [0, 0.1) is 0 Å². The van der Waals surface area contributed by atoms with Crippen LogP contribution in [0.4, 0.5) is 11.4 Å². The zero-order chi connectivity index (χ0) is 15.5. The summed E-state index contributed by atoms with van der Waals surface area (Å²) in [4.78, 5) is 5.64. The topological polar surface area (TPSA) is 40.3 Å². The molecule has 0 spiro atoms. The zero-order valence-electron chi connectivity index (χ0n) is 13.1. The van der Waals surface area contributed by atoms with Gasteiger partial charge in [0.05, 0.1) is 13.2 Å². The second-order valence-corrected chi connectivity index (χ2v) is 5.86. The predicted octanol–water partition coefficient (Wildman–Crippen LogP) is 3.62. The third-order valence-electron chi connectivity index (χ3n) is 4.39. The zero-order valence-corrected chi connectivity index (χ0v) is 13.1. The first-order chi connectivity index (χ1) is 11.4. The quantitative estimate of drug-likeness (QED) is 0.773. The molecule has 0 amide bonds. The minimum atomic E-state index is 0.813. The van der Waals surface area contributed by atoms with Crippen LogP contribution in [0.1, 0.15) is 5.56 Å². The van der Waals surface area contributed by atoms with E-state index in [-0.39, 0.29) is 0 Å². The van der Waals surface area contributed by atoms with Crippen LogP contribution in [-0.2, 0) is 11.3 Å². The van der Waals surface area contributed by atoms with E-state index >= 15 is 0 Å². The summed E-state index contributed by atoms with van der Waals surface area (Å²) < 4.78 is 5.43. The molecule has 3 aromatic rings. The van der Waals surface area contributed by atoms with Crippen molar-refractivity contribution in [1.82, 2.24) is 4.98 Å². The number of hydrogen-bond donors (Lipinski definition) is 2. The Bertz CT molecular complexity index is 790. The highest BCUT2D eigenvalue weighted by molar-refractivity contribution is 5.83. The third-order valence-corrected chi connectivity index (χ3v) is 4.39. The van der Waals surface area contributed by atoms with E-state index in [9.17, 15) is 0 Å². The Morgan fingerprint density at radius 1 is 1.04 bits per heavy atom. The SMILES string of the molecule is c1cc(NCc2cccc3[nH]ccc23)cc(N2CCOCC2)c1. The lowest BCUT2D eigenvalue weighted by Gasteiger charge is -2.29. The van der Waals surface area contributed by atoms with Crippen molar-refractivity contribution >= 4 is 22.3 Å². The summed E-state index contributed by atoms with van der Waals surface area (Å²) in [6.45, 7) is 4.38. The number of benzene rings is 2. The van der Waals surface area contributed by atoms with Crippen LogP contribution in [-0.4, -0.2) is 31.3 Å². The van der Waals surface area contributed by atoms with Gasteiger partial charge < -0.3 is 19.9 Å². The van der Waals surface area contributed by atoms with Gasteiger partial charge in [-0.05, 0) is 35.9 Å². The molecule has 4 nitrogen and oxygen atoms in total. The van der Waals surface area contributed by atoms with Gasteiger partial charge in [-0.3, -0.25) is 0 Å². The Kier molecular flexibility index (Phi) is 3.90. The van der Waals surface area contributed by atoms with E-state index in [1.165, 1.54) is 22.2 Å². The van der Waals surface area contributed by atoms with E-state index in [2.05, 4.69) is 63.7 Å². The van der Waals surface area contributed by atoms with Crippen molar-refractivity contribution in [3.63, 3.8) is 0 Å². The maximum atomic E-state index is 5.43. The summed E-state index contributed by atoms with van der Waals surface area (Å²) in [5.41, 5.74) is 4.91. The average Bonchev–Trinajstić information content (AvgIpc) is 3.10. The van der Waals surface area contributed by atoms with Gasteiger partial charge in [0, 0.05) is 48.1 Å². The second-order valence-electron chi connectivity index (χ2n) is 5.86. The summed E-state index contributed by atoms with van der Waals surface area (Å²) in [6, 6.07) is 17.2. The predicted molar refractivity (Wildman–Crippen MR) is 95.1 cm³/mol. The second kappa shape index (κ2) is 6.34. The average molecular weight is 307 g/mol. The lowest BCUT2D eigenvalue weighted by atomic mass is 10.1. The Balaban J connectivity index is 1.49. The van der Waals surface area contributed by atoms with Gasteiger partial charge in [0.15, 0.2) is 0 Å². The van der Waals surface area contributed by atoms with Crippen LogP contribution in [0.2, 0.25) is 0 Å². The molecule has 0 aliphatic carbocycles. The minimum Gasteiger partial charge on any atom is -0.381 e. The molecule has 4 heteroatoms. The molecule has 2 N–H and O–H groups in total. The van der Waals surface area contributed by atoms with Gasteiger partial charge >= 0.3 is 0 Å². The summed E-state index contributed by atoms with van der Waals surface area (Å²) in [6.07, 6.45) is 1.99. The largest absolute Gasteiger partial charge is 0.381 e. The number of H-pyrrole nitrogens is 1. The van der Waals surface area contributed by atoms with Gasteiger partial charge in [-0.15, -0.1) is 0 Å². The Morgan fingerprint density at radius 3 is 2.83 bits per heavy atom. The van der Waals surface area contributed by atoms with Gasteiger partial charge in [-0.25, -0.2) is 0 Å². The fourth-order valence-corrected chi connectivity index (χ4v) is 3.14. The first-order valence-corrected chi connectivity index (χ1v) is 8.12. The first kappa shape index (κ1) is 14.2. The van der Waals surface area contributed by atoms with Gasteiger partial charge in [0.1, 0.15) is 0 Å². The Morgan fingerprint density at radius 2 is 1.91 bits per heavy atom. The maximum absolute atomic E-state index is 5.43. The molecule has 1 aliphatic heterocycles. The van der Waals surface area contributed by atoms with Crippen molar-refractivity contribution in [1.29, 1.82) is 0 Å². The highest BCUT2D eigenvalue weighted by Gasteiger charge is 2.11. The van der Waals surface area contributed by atoms with Crippen molar-refractivity contribution in [2.24, 2.45) is 0 Å². The van der Waals surface area contributed by atoms with Crippen LogP contribution >= 0.6 is 0 Å². The molecular weight excluding hydrogens is 286 g/mol. The molecule has 0 unspecified atom stereocenters. The number of nitrogens with zero attached hydrogens (tertiary/aromatic N) is 1. The number of hydrogen-bond acceptors (Lipinski definition) is 3. The summed E-state index contributed by atoms with van der Waals surface area (Å²) >= 11 is 0. The van der Waals surface area contributed by atoms with E-state index in [4.69, 9.17) is 4.74 Å². The Hall–Kier alpha value is -2.46. The fourth-order valence-electron chi connectivity index (χ4n) is 3.14. The molecular formula is C19H21N3O. The molecule has 0 bridgehead atoms. The molecule has 1 aromatic heterocycles. The van der Waals surface area contributed by atoms with Crippen LogP contribution < -0.4 is 10.2 Å². The van der Waals surface area contributed by atoms with E-state index in [1.54, 1.807) is 0 Å². The number of ether oxygens (including phenoxy) is 1. The normalized spacial score (nSPS) is 15.0. The molecule has 2 heterocycles. The number of nitrogens with one attached hydrogen (secondary N) is 2. The summed E-state index contributed by atoms with van der Waals surface area (Å²) in [5.74, 6) is 0. The van der Waals surface area contributed by atoms with E-state index in [1.807, 2.05) is 6.20 Å². The molecule has 0 atom stereocenters. The molecule has 1 saturated heterocycles. The molecule has 1 fully saturated rings. The van der Waals surface area contributed by atoms with Gasteiger partial charge in [0.25, 0.3) is 0 Å². The molecule has 23 heavy (non-hydrogen) atoms. The number of aromatic nitrogens is 1. The van der Waals surface area contributed by atoms with Crippen LogP contribution in [0.5, 0.6) is 0 Å². The lowest BCUT2D eigenvalue weighted by Crippen LogP contribution is -2.36. The van der Waals surface area contributed by atoms with Crippen LogP contribution in [0.15, 0.2) is 54.7 Å². The molecule has 4 rings (SSSR count).